The number of hydrogen-bond donors (Lipinski definition) is 4. The minimum absolute atomic E-state index is 0.343. The van der Waals surface area contributed by atoms with Crippen LogP contribution in [-0.2, 0) is 4.79 Å². The average molecular weight is 515 g/mol. The molecule has 5 aromatic rings. The number of nitrogen functional groups attached to an aromatic ring is 1. The fraction of sp³-hybridized carbons (Fsp3) is 0.0312. The molecule has 0 radical (unpaired) electrons. The van der Waals surface area contributed by atoms with Crippen LogP contribution in [0.15, 0.2) is 121 Å². The van der Waals surface area contributed by atoms with Crippen molar-refractivity contribution in [2.75, 3.05) is 16.4 Å². The predicted octanol–water partition coefficient (Wildman–Crippen LogP) is 5.78. The van der Waals surface area contributed by atoms with Crippen molar-refractivity contribution in [2.45, 2.75) is 6.04 Å². The van der Waals surface area contributed by atoms with Crippen LogP contribution in [0.4, 0.5) is 17.1 Å². The Hall–Kier alpha value is -5.43. The summed E-state index contributed by atoms with van der Waals surface area (Å²) in [6, 6.07) is 34.5. The fourth-order valence-electron chi connectivity index (χ4n) is 4.28. The van der Waals surface area contributed by atoms with E-state index in [1.54, 1.807) is 72.8 Å². The van der Waals surface area contributed by atoms with Crippen molar-refractivity contribution < 1.29 is 14.4 Å². The lowest BCUT2D eigenvalue weighted by Gasteiger charge is -2.20. The van der Waals surface area contributed by atoms with Gasteiger partial charge in [0.2, 0.25) is 0 Å². The summed E-state index contributed by atoms with van der Waals surface area (Å²) in [5.74, 6) is -1.15. The van der Waals surface area contributed by atoms with E-state index < -0.39 is 17.9 Å². The Morgan fingerprint density at radius 1 is 0.564 bits per heavy atom. The van der Waals surface area contributed by atoms with E-state index in [1.165, 1.54) is 0 Å². The number of amides is 3. The number of nitrogens with two attached hydrogens (primary N) is 1. The molecule has 5 N–H and O–H groups in total. The van der Waals surface area contributed by atoms with Crippen LogP contribution in [-0.4, -0.2) is 17.7 Å². The van der Waals surface area contributed by atoms with Gasteiger partial charge in [0.05, 0.1) is 11.4 Å². The molecule has 0 aromatic heterocycles. The van der Waals surface area contributed by atoms with Crippen LogP contribution in [0.1, 0.15) is 32.3 Å². The van der Waals surface area contributed by atoms with Gasteiger partial charge >= 0.3 is 0 Å². The molecule has 39 heavy (non-hydrogen) atoms. The van der Waals surface area contributed by atoms with Crippen molar-refractivity contribution in [2.24, 2.45) is 0 Å². The minimum atomic E-state index is -1.02. The number of carbonyl (C=O) groups excluding carboxylic acids is 3. The van der Waals surface area contributed by atoms with Gasteiger partial charge in [0, 0.05) is 22.2 Å². The smallest absolute Gasteiger partial charge is 0.255 e. The summed E-state index contributed by atoms with van der Waals surface area (Å²) in [7, 11) is 0. The molecule has 1 atom stereocenters. The first-order valence-corrected chi connectivity index (χ1v) is 12.4. The molecule has 0 saturated carbocycles. The Balaban J connectivity index is 1.42. The average Bonchev–Trinajstić information content (AvgIpc) is 2.97. The summed E-state index contributed by atoms with van der Waals surface area (Å²) in [6.07, 6.45) is 0. The zero-order valence-corrected chi connectivity index (χ0v) is 20.9. The molecule has 3 amide bonds. The van der Waals surface area contributed by atoms with Crippen LogP contribution in [0.2, 0.25) is 0 Å². The lowest BCUT2D eigenvalue weighted by Crippen LogP contribution is -2.37. The van der Waals surface area contributed by atoms with Gasteiger partial charge in [0.15, 0.2) is 0 Å². The van der Waals surface area contributed by atoms with Crippen molar-refractivity contribution in [3.63, 3.8) is 0 Å². The van der Waals surface area contributed by atoms with Crippen LogP contribution in [0, 0.1) is 0 Å². The number of anilines is 3. The molecule has 0 aliphatic carbocycles. The second kappa shape index (κ2) is 11.3. The van der Waals surface area contributed by atoms with Crippen LogP contribution in [0.3, 0.4) is 0 Å². The third-order valence-electron chi connectivity index (χ3n) is 6.34. The summed E-state index contributed by atoms with van der Waals surface area (Å²) in [4.78, 5) is 39.4. The van der Waals surface area contributed by atoms with Crippen LogP contribution in [0.25, 0.3) is 10.8 Å². The van der Waals surface area contributed by atoms with Gasteiger partial charge in [0.1, 0.15) is 6.04 Å². The third-order valence-corrected chi connectivity index (χ3v) is 6.34. The highest BCUT2D eigenvalue weighted by Crippen LogP contribution is 2.25. The van der Waals surface area contributed by atoms with E-state index in [-0.39, 0.29) is 5.91 Å². The number of para-hydroxylation sites is 2. The van der Waals surface area contributed by atoms with E-state index in [0.29, 0.717) is 33.8 Å². The molecule has 0 bridgehead atoms. The molecular formula is C32H26N4O3. The van der Waals surface area contributed by atoms with Crippen molar-refractivity contribution in [3.8, 4) is 0 Å². The van der Waals surface area contributed by atoms with E-state index in [0.717, 1.165) is 10.8 Å². The van der Waals surface area contributed by atoms with E-state index in [2.05, 4.69) is 16.0 Å². The fourth-order valence-corrected chi connectivity index (χ4v) is 4.28. The van der Waals surface area contributed by atoms with Crippen molar-refractivity contribution in [1.82, 2.24) is 5.32 Å². The molecule has 5 rings (SSSR count). The number of carbonyl (C=O) groups is 3. The third kappa shape index (κ3) is 5.78. The normalized spacial score (nSPS) is 11.4. The van der Waals surface area contributed by atoms with Gasteiger partial charge in [-0.05, 0) is 53.4 Å². The first kappa shape index (κ1) is 25.2. The standard InChI is InChI=1S/C32H26N4O3/c33-26-14-6-7-15-28(26)35-30(37)24-19-17-22(18-20-24)29(36-31(38)23-10-2-1-3-11-23)32(39)34-27-16-8-12-21-9-4-5-13-25(21)27/h1-20,29H,33H2,(H,34,39)(H,35,37)(H,36,38). The van der Waals surface area contributed by atoms with Crippen molar-refractivity contribution >= 4 is 45.6 Å². The highest BCUT2D eigenvalue weighted by Gasteiger charge is 2.24. The highest BCUT2D eigenvalue weighted by molar-refractivity contribution is 6.07. The van der Waals surface area contributed by atoms with Gasteiger partial charge in [0.25, 0.3) is 17.7 Å². The molecular weight excluding hydrogens is 488 g/mol. The number of hydrogen-bond acceptors (Lipinski definition) is 4. The molecule has 1 unspecified atom stereocenters. The zero-order valence-electron chi connectivity index (χ0n) is 20.9. The molecule has 0 spiro atoms. The number of rotatable bonds is 7. The predicted molar refractivity (Wildman–Crippen MR) is 154 cm³/mol. The molecule has 0 fully saturated rings. The van der Waals surface area contributed by atoms with Gasteiger partial charge in [-0.1, -0.05) is 78.9 Å². The van der Waals surface area contributed by atoms with E-state index >= 15 is 0 Å². The Labute approximate surface area is 225 Å². The Morgan fingerprint density at radius 2 is 1.18 bits per heavy atom. The molecule has 0 aliphatic heterocycles. The summed E-state index contributed by atoms with van der Waals surface area (Å²) in [5, 5.41) is 10.5. The maximum absolute atomic E-state index is 13.6. The lowest BCUT2D eigenvalue weighted by molar-refractivity contribution is -0.118. The topological polar surface area (TPSA) is 113 Å². The zero-order chi connectivity index (χ0) is 27.2. The Bertz CT molecular complexity index is 1640. The summed E-state index contributed by atoms with van der Waals surface area (Å²) in [6.45, 7) is 0. The van der Waals surface area contributed by atoms with Crippen molar-refractivity contribution in [1.29, 1.82) is 0 Å². The van der Waals surface area contributed by atoms with Gasteiger partial charge in [-0.2, -0.15) is 0 Å². The summed E-state index contributed by atoms with van der Waals surface area (Å²) < 4.78 is 0. The van der Waals surface area contributed by atoms with E-state index in [1.807, 2.05) is 48.5 Å². The Kier molecular flexibility index (Phi) is 7.32. The van der Waals surface area contributed by atoms with Crippen LogP contribution in [0.5, 0.6) is 0 Å². The van der Waals surface area contributed by atoms with Crippen LogP contribution >= 0.6 is 0 Å². The largest absolute Gasteiger partial charge is 0.397 e. The first-order chi connectivity index (χ1) is 19.0. The summed E-state index contributed by atoms with van der Waals surface area (Å²) in [5.41, 5.74) is 8.86. The lowest BCUT2D eigenvalue weighted by atomic mass is 10.0. The minimum Gasteiger partial charge on any atom is -0.397 e. The van der Waals surface area contributed by atoms with Crippen LogP contribution < -0.4 is 21.7 Å². The molecule has 7 heteroatoms. The maximum Gasteiger partial charge on any atom is 0.255 e. The molecule has 0 saturated heterocycles. The highest BCUT2D eigenvalue weighted by atomic mass is 16.2. The van der Waals surface area contributed by atoms with Crippen molar-refractivity contribution in [3.05, 3.63) is 138 Å². The second-order valence-electron chi connectivity index (χ2n) is 8.95. The molecule has 7 nitrogen and oxygen atoms in total. The quantitative estimate of drug-likeness (QED) is 0.206. The number of benzene rings is 5. The monoisotopic (exact) mass is 514 g/mol. The number of nitrogens with one attached hydrogen (secondary N) is 3. The van der Waals surface area contributed by atoms with Gasteiger partial charge in [-0.3, -0.25) is 14.4 Å². The number of fused-ring (bicyclic) bond motifs is 1. The van der Waals surface area contributed by atoms with E-state index in [4.69, 9.17) is 5.73 Å². The maximum atomic E-state index is 13.6. The molecule has 5 aromatic carbocycles. The second-order valence-corrected chi connectivity index (χ2v) is 8.95. The van der Waals surface area contributed by atoms with E-state index in [9.17, 15) is 14.4 Å². The molecule has 0 aliphatic rings. The molecule has 192 valence electrons. The first-order valence-electron chi connectivity index (χ1n) is 12.4. The molecule has 0 heterocycles. The van der Waals surface area contributed by atoms with Gasteiger partial charge in [-0.25, -0.2) is 0 Å². The Morgan fingerprint density at radius 3 is 1.95 bits per heavy atom. The van der Waals surface area contributed by atoms with Gasteiger partial charge < -0.3 is 21.7 Å². The summed E-state index contributed by atoms with van der Waals surface area (Å²) >= 11 is 0. The SMILES string of the molecule is Nc1ccccc1NC(=O)c1ccc(C(NC(=O)c2ccccc2)C(=O)Nc2cccc3ccccc23)cc1. The van der Waals surface area contributed by atoms with Gasteiger partial charge in [-0.15, -0.1) is 0 Å².